The molecular formula is C16H27NO. The molecule has 0 heterocycles. The lowest BCUT2D eigenvalue weighted by Gasteiger charge is -2.19. The van der Waals surface area contributed by atoms with Crippen molar-refractivity contribution < 1.29 is 4.74 Å². The molecule has 0 radical (unpaired) electrons. The Bertz CT molecular complexity index is 337. The van der Waals surface area contributed by atoms with Crippen molar-refractivity contribution in [1.29, 1.82) is 0 Å². The van der Waals surface area contributed by atoms with E-state index in [1.165, 1.54) is 11.1 Å². The molecule has 0 aliphatic carbocycles. The summed E-state index contributed by atoms with van der Waals surface area (Å²) in [6.07, 6.45) is 1.85. The normalized spacial score (nSPS) is 13.6. The molecule has 0 amide bonds. The highest BCUT2D eigenvalue weighted by molar-refractivity contribution is 5.27. The molecule has 0 aliphatic heterocycles. The Morgan fingerprint density at radius 3 is 2.28 bits per heavy atom. The van der Waals surface area contributed by atoms with Gasteiger partial charge in [-0.3, -0.25) is 0 Å². The van der Waals surface area contributed by atoms with E-state index in [2.05, 4.69) is 45.0 Å². The Labute approximate surface area is 112 Å². The molecule has 1 aromatic carbocycles. The summed E-state index contributed by atoms with van der Waals surface area (Å²) in [7, 11) is 0. The molecule has 1 atom stereocenters. The molecule has 1 unspecified atom stereocenters. The highest BCUT2D eigenvalue weighted by Gasteiger charge is 2.13. The van der Waals surface area contributed by atoms with Crippen LogP contribution in [0.25, 0.3) is 0 Å². The van der Waals surface area contributed by atoms with Crippen molar-refractivity contribution in [3.05, 3.63) is 35.4 Å². The molecular weight excluding hydrogens is 222 g/mol. The molecule has 0 saturated carbocycles. The Morgan fingerprint density at radius 1 is 1.17 bits per heavy atom. The summed E-state index contributed by atoms with van der Waals surface area (Å²) in [5.41, 5.74) is 8.99. The van der Waals surface area contributed by atoms with Gasteiger partial charge in [0.1, 0.15) is 0 Å². The van der Waals surface area contributed by atoms with Gasteiger partial charge in [0, 0.05) is 19.3 Å². The molecule has 102 valence electrons. The van der Waals surface area contributed by atoms with Gasteiger partial charge in [-0.15, -0.1) is 0 Å². The molecule has 0 aromatic heterocycles. The van der Waals surface area contributed by atoms with E-state index in [1.54, 1.807) is 0 Å². The lowest BCUT2D eigenvalue weighted by molar-refractivity contribution is 0.140. The van der Waals surface area contributed by atoms with Gasteiger partial charge in [-0.05, 0) is 36.3 Å². The average molecular weight is 249 g/mol. The molecule has 0 spiro atoms. The van der Waals surface area contributed by atoms with Crippen LogP contribution < -0.4 is 5.73 Å². The molecule has 0 bridgehead atoms. The first-order valence-electron chi connectivity index (χ1n) is 6.86. The number of benzene rings is 1. The average Bonchev–Trinajstić information content (AvgIpc) is 2.29. The van der Waals surface area contributed by atoms with E-state index in [0.29, 0.717) is 0 Å². The third-order valence-electron chi connectivity index (χ3n) is 3.15. The summed E-state index contributed by atoms with van der Waals surface area (Å²) in [6, 6.07) is 9.01. The first kappa shape index (κ1) is 15.2. The Kier molecular flexibility index (Phi) is 5.83. The van der Waals surface area contributed by atoms with Crippen LogP contribution in [-0.4, -0.2) is 19.3 Å². The van der Waals surface area contributed by atoms with Gasteiger partial charge >= 0.3 is 0 Å². The number of rotatable bonds is 6. The second-order valence-electron chi connectivity index (χ2n) is 5.90. The van der Waals surface area contributed by atoms with Crippen molar-refractivity contribution in [2.24, 2.45) is 5.73 Å². The number of nitrogens with two attached hydrogens (primary N) is 1. The van der Waals surface area contributed by atoms with Gasteiger partial charge in [0.15, 0.2) is 0 Å². The van der Waals surface area contributed by atoms with Gasteiger partial charge in [-0.2, -0.15) is 0 Å². The molecule has 1 rings (SSSR count). The zero-order chi connectivity index (χ0) is 13.6. The summed E-state index contributed by atoms with van der Waals surface area (Å²) >= 11 is 0. The first-order valence-corrected chi connectivity index (χ1v) is 6.86. The number of hydrogen-bond acceptors (Lipinski definition) is 2. The van der Waals surface area contributed by atoms with Crippen molar-refractivity contribution >= 4 is 0 Å². The highest BCUT2D eigenvalue weighted by atomic mass is 16.5. The van der Waals surface area contributed by atoms with E-state index in [0.717, 1.165) is 26.1 Å². The smallest absolute Gasteiger partial charge is 0.0480 e. The predicted molar refractivity (Wildman–Crippen MR) is 77.9 cm³/mol. The van der Waals surface area contributed by atoms with E-state index in [4.69, 9.17) is 10.5 Å². The first-order chi connectivity index (χ1) is 8.43. The van der Waals surface area contributed by atoms with Crippen LogP contribution in [0.1, 0.15) is 45.2 Å². The van der Waals surface area contributed by atoms with Gasteiger partial charge in [0.25, 0.3) is 0 Å². The zero-order valence-corrected chi connectivity index (χ0v) is 12.2. The SMILES string of the molecule is CCOCCC(N)Cc1ccc(C(C)(C)C)cc1. The van der Waals surface area contributed by atoms with E-state index in [-0.39, 0.29) is 11.5 Å². The largest absolute Gasteiger partial charge is 0.382 e. The lowest BCUT2D eigenvalue weighted by atomic mass is 9.86. The molecule has 2 N–H and O–H groups in total. The summed E-state index contributed by atoms with van der Waals surface area (Å²) in [5.74, 6) is 0. The minimum atomic E-state index is 0.192. The number of ether oxygens (including phenoxy) is 1. The van der Waals surface area contributed by atoms with Gasteiger partial charge in [-0.1, -0.05) is 45.0 Å². The van der Waals surface area contributed by atoms with Crippen LogP contribution in [0.3, 0.4) is 0 Å². The Hall–Kier alpha value is -0.860. The monoisotopic (exact) mass is 249 g/mol. The lowest BCUT2D eigenvalue weighted by Crippen LogP contribution is -2.24. The third kappa shape index (κ3) is 5.19. The summed E-state index contributed by atoms with van der Waals surface area (Å²) in [6.45, 7) is 10.2. The van der Waals surface area contributed by atoms with Crippen LogP contribution in [0.2, 0.25) is 0 Å². The molecule has 2 heteroatoms. The third-order valence-corrected chi connectivity index (χ3v) is 3.15. The molecule has 0 aliphatic rings. The van der Waals surface area contributed by atoms with E-state index < -0.39 is 0 Å². The van der Waals surface area contributed by atoms with Gasteiger partial charge in [-0.25, -0.2) is 0 Å². The van der Waals surface area contributed by atoms with Crippen molar-refractivity contribution in [3.63, 3.8) is 0 Å². The fourth-order valence-electron chi connectivity index (χ4n) is 1.92. The van der Waals surface area contributed by atoms with Gasteiger partial charge < -0.3 is 10.5 Å². The number of hydrogen-bond donors (Lipinski definition) is 1. The topological polar surface area (TPSA) is 35.2 Å². The second kappa shape index (κ2) is 6.91. The summed E-state index contributed by atoms with van der Waals surface area (Å²) in [5, 5.41) is 0. The van der Waals surface area contributed by atoms with Crippen LogP contribution >= 0.6 is 0 Å². The van der Waals surface area contributed by atoms with Crippen molar-refractivity contribution in [3.8, 4) is 0 Å². The van der Waals surface area contributed by atoms with Crippen LogP contribution in [-0.2, 0) is 16.6 Å². The predicted octanol–water partition coefficient (Wildman–Crippen LogP) is 3.28. The molecule has 18 heavy (non-hydrogen) atoms. The van der Waals surface area contributed by atoms with E-state index in [9.17, 15) is 0 Å². The Morgan fingerprint density at radius 2 is 1.78 bits per heavy atom. The molecule has 1 aromatic rings. The highest BCUT2D eigenvalue weighted by Crippen LogP contribution is 2.22. The fraction of sp³-hybridized carbons (Fsp3) is 0.625. The van der Waals surface area contributed by atoms with Crippen LogP contribution in [0.15, 0.2) is 24.3 Å². The molecule has 2 nitrogen and oxygen atoms in total. The maximum absolute atomic E-state index is 6.09. The minimum Gasteiger partial charge on any atom is -0.382 e. The van der Waals surface area contributed by atoms with Crippen LogP contribution in [0.5, 0.6) is 0 Å². The Balaban J connectivity index is 2.48. The van der Waals surface area contributed by atoms with Crippen LogP contribution in [0.4, 0.5) is 0 Å². The molecule has 0 saturated heterocycles. The summed E-state index contributed by atoms with van der Waals surface area (Å²) in [4.78, 5) is 0. The van der Waals surface area contributed by atoms with Crippen molar-refractivity contribution in [2.75, 3.05) is 13.2 Å². The maximum atomic E-state index is 6.09. The van der Waals surface area contributed by atoms with Crippen molar-refractivity contribution in [1.82, 2.24) is 0 Å². The zero-order valence-electron chi connectivity index (χ0n) is 12.2. The quantitative estimate of drug-likeness (QED) is 0.785. The fourth-order valence-corrected chi connectivity index (χ4v) is 1.92. The van der Waals surface area contributed by atoms with Crippen LogP contribution in [0, 0.1) is 0 Å². The van der Waals surface area contributed by atoms with Gasteiger partial charge in [0.05, 0.1) is 0 Å². The molecule has 0 fully saturated rings. The van der Waals surface area contributed by atoms with Gasteiger partial charge in [0.2, 0.25) is 0 Å². The standard InChI is InChI=1S/C16H27NO/c1-5-18-11-10-15(17)12-13-6-8-14(9-7-13)16(2,3)4/h6-9,15H,5,10-12,17H2,1-4H3. The van der Waals surface area contributed by atoms with E-state index in [1.807, 2.05) is 6.92 Å². The second-order valence-corrected chi connectivity index (χ2v) is 5.90. The van der Waals surface area contributed by atoms with E-state index >= 15 is 0 Å². The maximum Gasteiger partial charge on any atom is 0.0480 e. The van der Waals surface area contributed by atoms with Crippen molar-refractivity contribution in [2.45, 2.75) is 52.0 Å². The summed E-state index contributed by atoms with van der Waals surface area (Å²) < 4.78 is 5.33. The minimum absolute atomic E-state index is 0.192.